The highest BCUT2D eigenvalue weighted by atomic mass is 35.5. The number of hydrogen-bond acceptors (Lipinski definition) is 6. The molecule has 0 saturated carbocycles. The van der Waals surface area contributed by atoms with E-state index in [0.29, 0.717) is 0 Å². The van der Waals surface area contributed by atoms with E-state index in [4.69, 9.17) is 11.6 Å². The third kappa shape index (κ3) is 3.84. The van der Waals surface area contributed by atoms with Crippen LogP contribution in [0.15, 0.2) is 12.4 Å². The number of nitrogens with zero attached hydrogens (tertiary/aromatic N) is 2. The minimum atomic E-state index is -5.36. The highest BCUT2D eigenvalue weighted by molar-refractivity contribution is 6.22. The Labute approximate surface area is 152 Å². The number of esters is 2. The van der Waals surface area contributed by atoms with Crippen LogP contribution in [0.5, 0.6) is 0 Å². The van der Waals surface area contributed by atoms with Gasteiger partial charge in [-0.25, -0.2) is 19.6 Å². The minimum Gasteiger partial charge on any atom is -0.465 e. The van der Waals surface area contributed by atoms with Gasteiger partial charge in [-0.05, 0) is 11.6 Å². The van der Waals surface area contributed by atoms with Gasteiger partial charge in [-0.2, -0.15) is 22.0 Å². The number of carbonyl (C=O) groups is 2. The number of aromatic amines is 1. The average Bonchev–Trinajstić information content (AvgIpc) is 3.11. The number of H-pyrrole nitrogens is 1. The van der Waals surface area contributed by atoms with E-state index in [9.17, 15) is 31.5 Å². The first-order valence-electron chi connectivity index (χ1n) is 6.82. The zero-order valence-electron chi connectivity index (χ0n) is 13.4. The molecule has 2 rings (SSSR count). The third-order valence-corrected chi connectivity index (χ3v) is 3.43. The Morgan fingerprint density at radius 2 is 1.56 bits per heavy atom. The predicted molar refractivity (Wildman–Crippen MR) is 79.2 cm³/mol. The summed E-state index contributed by atoms with van der Waals surface area (Å²) < 4.78 is 76.6. The van der Waals surface area contributed by atoms with E-state index in [-0.39, 0.29) is 0 Å². The fraction of sp³-hybridized carbons (Fsp3) is 0.286. The van der Waals surface area contributed by atoms with Crippen LogP contribution >= 0.6 is 11.6 Å². The Morgan fingerprint density at radius 1 is 1.04 bits per heavy atom. The summed E-state index contributed by atoms with van der Waals surface area (Å²) in [5.41, 5.74) is -7.17. The normalized spacial score (nSPS) is 12.0. The molecular formula is C14H9ClF5N3O4. The van der Waals surface area contributed by atoms with Gasteiger partial charge in [0.25, 0.3) is 0 Å². The molecule has 0 amide bonds. The number of pyridine rings is 1. The van der Waals surface area contributed by atoms with Crippen LogP contribution in [0, 0.1) is 0 Å². The van der Waals surface area contributed by atoms with Crippen LogP contribution in [0.1, 0.15) is 32.1 Å². The van der Waals surface area contributed by atoms with Gasteiger partial charge in [0.2, 0.25) is 0 Å². The molecule has 1 N–H and O–H groups in total. The first-order chi connectivity index (χ1) is 12.4. The number of carbonyl (C=O) groups excluding carboxylic acids is 2. The van der Waals surface area contributed by atoms with Crippen LogP contribution in [0.2, 0.25) is 0 Å². The van der Waals surface area contributed by atoms with Crippen LogP contribution in [-0.2, 0) is 21.0 Å². The summed E-state index contributed by atoms with van der Waals surface area (Å²) in [6.45, 7) is 0. The lowest BCUT2D eigenvalue weighted by molar-refractivity contribution is -0.142. The number of nitrogens with one attached hydrogen (secondary N) is 1. The summed E-state index contributed by atoms with van der Waals surface area (Å²) in [4.78, 5) is 32.9. The van der Waals surface area contributed by atoms with Crippen LogP contribution in [0.3, 0.4) is 0 Å². The first-order valence-corrected chi connectivity index (χ1v) is 7.20. The van der Waals surface area contributed by atoms with Gasteiger partial charge in [0, 0.05) is 12.4 Å². The van der Waals surface area contributed by atoms with Gasteiger partial charge >= 0.3 is 23.5 Å². The highest BCUT2D eigenvalue weighted by Crippen LogP contribution is 2.43. The van der Waals surface area contributed by atoms with E-state index in [1.54, 1.807) is 0 Å². The number of methoxy groups -OCH3 is 2. The summed E-state index contributed by atoms with van der Waals surface area (Å²) >= 11 is 4.87. The molecule has 0 aliphatic rings. The maximum absolute atomic E-state index is 13.8. The van der Waals surface area contributed by atoms with Gasteiger partial charge in [0.15, 0.2) is 5.69 Å². The Bertz CT molecular complexity index is 826. The van der Waals surface area contributed by atoms with Crippen molar-refractivity contribution in [1.29, 1.82) is 0 Å². The van der Waals surface area contributed by atoms with Crippen molar-refractivity contribution in [1.82, 2.24) is 15.0 Å². The van der Waals surface area contributed by atoms with Gasteiger partial charge in [-0.3, -0.25) is 0 Å². The monoisotopic (exact) mass is 413 g/mol. The van der Waals surface area contributed by atoms with Crippen LogP contribution in [0.4, 0.5) is 22.0 Å². The number of imidazole rings is 1. The number of rotatable bonds is 4. The molecule has 0 aliphatic carbocycles. The highest BCUT2D eigenvalue weighted by Gasteiger charge is 2.47. The van der Waals surface area contributed by atoms with Crippen LogP contribution < -0.4 is 0 Å². The molecule has 0 fully saturated rings. The molecule has 146 valence electrons. The third-order valence-electron chi connectivity index (χ3n) is 3.25. The predicted octanol–water partition coefficient (Wildman–Crippen LogP) is 3.35. The number of alkyl halides is 6. The molecule has 2 aromatic heterocycles. The molecule has 0 aliphatic heterocycles. The summed E-state index contributed by atoms with van der Waals surface area (Å²) in [6.07, 6.45) is -3.18. The van der Waals surface area contributed by atoms with Crippen molar-refractivity contribution in [3.8, 4) is 11.4 Å². The number of hydrogen-bond donors (Lipinski definition) is 1. The van der Waals surface area contributed by atoms with Gasteiger partial charge in [0.05, 0.1) is 19.8 Å². The lowest BCUT2D eigenvalue weighted by Gasteiger charge is -2.20. The van der Waals surface area contributed by atoms with Gasteiger partial charge in [0.1, 0.15) is 22.6 Å². The zero-order valence-corrected chi connectivity index (χ0v) is 14.2. The standard InChI is InChI=1S/C14H9ClF5N3O4/c1-26-11(24)6-5(10-21-3-4-22-10)7(12(25)27-2)9(14(18,19)20)23-8(6)13(15,16)17/h3-4H,1-2H3,(H,21,22). The Hall–Kier alpha value is -2.76. The second kappa shape index (κ2) is 7.10. The Balaban J connectivity index is 3.15. The van der Waals surface area contributed by atoms with Crippen molar-refractivity contribution in [2.75, 3.05) is 14.2 Å². The number of halogens is 6. The van der Waals surface area contributed by atoms with Crippen molar-refractivity contribution in [3.63, 3.8) is 0 Å². The molecule has 0 unspecified atom stereocenters. The van der Waals surface area contributed by atoms with E-state index >= 15 is 0 Å². The maximum Gasteiger partial charge on any atom is 0.434 e. The first kappa shape index (κ1) is 20.6. The minimum absolute atomic E-state index is 0.508. The lowest BCUT2D eigenvalue weighted by Crippen LogP contribution is -2.26. The van der Waals surface area contributed by atoms with Crippen molar-refractivity contribution in [3.05, 3.63) is 34.9 Å². The lowest BCUT2D eigenvalue weighted by atomic mass is 9.96. The quantitative estimate of drug-likeness (QED) is 0.469. The molecule has 0 aromatic carbocycles. The SMILES string of the molecule is COC(=O)c1c(C(F)(F)F)nc(C(F)(F)Cl)c(C(=O)OC)c1-c1ncc[nH]1. The average molecular weight is 414 g/mol. The van der Waals surface area contributed by atoms with E-state index in [0.717, 1.165) is 26.6 Å². The fourth-order valence-electron chi connectivity index (χ4n) is 2.24. The largest absolute Gasteiger partial charge is 0.465 e. The number of ether oxygens (including phenoxy) is 2. The molecule has 0 saturated heterocycles. The van der Waals surface area contributed by atoms with Crippen molar-refractivity contribution in [2.24, 2.45) is 0 Å². The van der Waals surface area contributed by atoms with E-state index in [1.165, 1.54) is 0 Å². The van der Waals surface area contributed by atoms with Crippen molar-refractivity contribution < 1.29 is 41.0 Å². The molecule has 0 bridgehead atoms. The maximum atomic E-state index is 13.8. The molecule has 7 nitrogen and oxygen atoms in total. The Kier molecular flexibility index (Phi) is 5.40. The van der Waals surface area contributed by atoms with Crippen molar-refractivity contribution >= 4 is 23.5 Å². The molecule has 0 radical (unpaired) electrons. The zero-order chi connectivity index (χ0) is 20.6. The topological polar surface area (TPSA) is 94.2 Å². The molecule has 2 heterocycles. The second-order valence-electron chi connectivity index (χ2n) is 4.85. The van der Waals surface area contributed by atoms with E-state index < -0.39 is 57.4 Å². The van der Waals surface area contributed by atoms with Gasteiger partial charge in [-0.15, -0.1) is 0 Å². The summed E-state index contributed by atoms with van der Waals surface area (Å²) in [7, 11) is 1.55. The van der Waals surface area contributed by atoms with Gasteiger partial charge in [-0.1, -0.05) is 0 Å². The summed E-state index contributed by atoms with van der Waals surface area (Å²) in [5, 5.41) is -4.50. The molecule has 0 spiro atoms. The van der Waals surface area contributed by atoms with E-state index in [1.807, 2.05) is 0 Å². The van der Waals surface area contributed by atoms with E-state index in [2.05, 4.69) is 24.4 Å². The summed E-state index contributed by atoms with van der Waals surface area (Å²) in [6, 6.07) is 0. The Morgan fingerprint density at radius 3 is 1.93 bits per heavy atom. The number of aromatic nitrogens is 3. The molecule has 13 heteroatoms. The molecule has 0 atom stereocenters. The summed E-state index contributed by atoms with van der Waals surface area (Å²) in [5.74, 6) is -3.61. The molecular weight excluding hydrogens is 405 g/mol. The molecule has 27 heavy (non-hydrogen) atoms. The fourth-order valence-corrected chi connectivity index (χ4v) is 2.37. The van der Waals surface area contributed by atoms with Crippen molar-refractivity contribution in [2.45, 2.75) is 11.6 Å². The second-order valence-corrected chi connectivity index (χ2v) is 5.33. The molecule has 2 aromatic rings. The van der Waals surface area contributed by atoms with Crippen LogP contribution in [0.25, 0.3) is 11.4 Å². The van der Waals surface area contributed by atoms with Crippen LogP contribution in [-0.4, -0.2) is 41.1 Å². The van der Waals surface area contributed by atoms with Gasteiger partial charge < -0.3 is 14.5 Å². The smallest absolute Gasteiger partial charge is 0.434 e.